The zero-order valence-electron chi connectivity index (χ0n) is 17.1. The molecule has 6 heteroatoms. The first-order chi connectivity index (χ1) is 13.1. The van der Waals surface area contributed by atoms with Gasteiger partial charge < -0.3 is 4.57 Å². The number of thioether (sulfide) groups is 1. The topological polar surface area (TPSA) is 42.3 Å². The number of benzene rings is 1. The van der Waals surface area contributed by atoms with E-state index in [1.807, 2.05) is 26.8 Å². The number of halogens is 1. The normalized spacial score (nSPS) is 16.1. The van der Waals surface area contributed by atoms with Crippen molar-refractivity contribution in [3.8, 4) is 5.69 Å². The summed E-state index contributed by atoms with van der Waals surface area (Å²) in [6, 6.07) is 6.37. The molecular weight excluding hydrogens is 436 g/mol. The summed E-state index contributed by atoms with van der Waals surface area (Å²) in [5.41, 5.74) is 6.56. The fraction of sp³-hybridized carbons (Fsp3) is 0.364. The summed E-state index contributed by atoms with van der Waals surface area (Å²) in [6.07, 6.45) is 1.85. The molecule has 1 aliphatic rings. The molecule has 0 radical (unpaired) electrons. The summed E-state index contributed by atoms with van der Waals surface area (Å²) < 4.78 is 3.31. The Morgan fingerprint density at radius 1 is 1.07 bits per heavy atom. The SMILES string of the molecule is Cc1cc(-n2c(C)cc(/C=C3\SC(=O)N(CC(C)C)C3=O)c2C)cc(C)c1Br. The molecule has 4 nitrogen and oxygen atoms in total. The first-order valence-corrected chi connectivity index (χ1v) is 10.9. The Balaban J connectivity index is 2.00. The summed E-state index contributed by atoms with van der Waals surface area (Å²) in [6.45, 7) is 12.7. The van der Waals surface area contributed by atoms with E-state index in [0.29, 0.717) is 11.4 Å². The van der Waals surface area contributed by atoms with Crippen molar-refractivity contribution in [3.63, 3.8) is 0 Å². The van der Waals surface area contributed by atoms with E-state index in [9.17, 15) is 9.59 Å². The van der Waals surface area contributed by atoms with Crippen LogP contribution in [-0.2, 0) is 4.79 Å². The van der Waals surface area contributed by atoms with Gasteiger partial charge in [0.05, 0.1) is 4.91 Å². The third-order valence-corrected chi connectivity index (χ3v) is 7.02. The van der Waals surface area contributed by atoms with Crippen LogP contribution < -0.4 is 0 Å². The largest absolute Gasteiger partial charge is 0.318 e. The van der Waals surface area contributed by atoms with Crippen molar-refractivity contribution >= 4 is 44.9 Å². The highest BCUT2D eigenvalue weighted by atomic mass is 79.9. The number of aryl methyl sites for hydroxylation is 3. The van der Waals surface area contributed by atoms with Crippen molar-refractivity contribution in [1.29, 1.82) is 0 Å². The van der Waals surface area contributed by atoms with E-state index in [0.717, 1.165) is 38.9 Å². The molecule has 0 aliphatic carbocycles. The van der Waals surface area contributed by atoms with Crippen LogP contribution in [0.4, 0.5) is 4.79 Å². The molecule has 1 aliphatic heterocycles. The first-order valence-electron chi connectivity index (χ1n) is 9.31. The number of hydrogen-bond donors (Lipinski definition) is 0. The van der Waals surface area contributed by atoms with Crippen LogP contribution in [-0.4, -0.2) is 27.2 Å². The molecule has 0 saturated carbocycles. The minimum absolute atomic E-state index is 0.182. The molecule has 3 rings (SSSR count). The third kappa shape index (κ3) is 3.85. The number of rotatable bonds is 4. The molecule has 1 fully saturated rings. The molecule has 0 unspecified atom stereocenters. The molecule has 148 valence electrons. The van der Waals surface area contributed by atoms with Crippen molar-refractivity contribution in [2.75, 3.05) is 6.54 Å². The summed E-state index contributed by atoms with van der Waals surface area (Å²) in [5.74, 6) is 0.0608. The molecular formula is C22H25BrN2O2S. The summed E-state index contributed by atoms with van der Waals surface area (Å²) >= 11 is 4.65. The van der Waals surface area contributed by atoms with Crippen LogP contribution in [0.3, 0.4) is 0 Å². The average Bonchev–Trinajstić information content (AvgIpc) is 3.02. The lowest BCUT2D eigenvalue weighted by Gasteiger charge is -2.14. The predicted octanol–water partition coefficient (Wildman–Crippen LogP) is 6.17. The van der Waals surface area contributed by atoms with Gasteiger partial charge in [0, 0.05) is 28.1 Å². The van der Waals surface area contributed by atoms with Gasteiger partial charge in [0.15, 0.2) is 0 Å². The predicted molar refractivity (Wildman–Crippen MR) is 120 cm³/mol. The number of nitrogens with zero attached hydrogens (tertiary/aromatic N) is 2. The second kappa shape index (κ2) is 7.91. The van der Waals surface area contributed by atoms with Gasteiger partial charge in [0.25, 0.3) is 11.1 Å². The molecule has 0 atom stereocenters. The lowest BCUT2D eigenvalue weighted by atomic mass is 10.1. The van der Waals surface area contributed by atoms with E-state index in [4.69, 9.17) is 0 Å². The highest BCUT2D eigenvalue weighted by Gasteiger charge is 2.35. The summed E-state index contributed by atoms with van der Waals surface area (Å²) in [4.78, 5) is 26.7. The van der Waals surface area contributed by atoms with Gasteiger partial charge in [0.1, 0.15) is 0 Å². The Kier molecular flexibility index (Phi) is 5.92. The van der Waals surface area contributed by atoms with Gasteiger partial charge in [-0.25, -0.2) is 0 Å². The third-order valence-electron chi connectivity index (χ3n) is 4.86. The van der Waals surface area contributed by atoms with E-state index in [1.165, 1.54) is 16.0 Å². The van der Waals surface area contributed by atoms with Gasteiger partial charge in [-0.05, 0) is 86.3 Å². The second-order valence-electron chi connectivity index (χ2n) is 7.74. The van der Waals surface area contributed by atoms with E-state index in [1.54, 1.807) is 0 Å². The van der Waals surface area contributed by atoms with Gasteiger partial charge in [0.2, 0.25) is 0 Å². The maximum absolute atomic E-state index is 12.7. The molecule has 1 saturated heterocycles. The lowest BCUT2D eigenvalue weighted by molar-refractivity contribution is -0.123. The molecule has 0 spiro atoms. The van der Waals surface area contributed by atoms with Crippen molar-refractivity contribution < 1.29 is 9.59 Å². The zero-order chi connectivity index (χ0) is 20.7. The van der Waals surface area contributed by atoms with Crippen LogP contribution in [0.25, 0.3) is 11.8 Å². The maximum Gasteiger partial charge on any atom is 0.293 e. The molecule has 1 aromatic heterocycles. The summed E-state index contributed by atoms with van der Waals surface area (Å²) in [5, 5.41) is -0.182. The number of hydrogen-bond acceptors (Lipinski definition) is 3. The molecule has 2 amide bonds. The van der Waals surface area contributed by atoms with E-state index < -0.39 is 0 Å². The number of imide groups is 1. The van der Waals surface area contributed by atoms with Crippen LogP contribution in [0.5, 0.6) is 0 Å². The Morgan fingerprint density at radius 3 is 2.25 bits per heavy atom. The monoisotopic (exact) mass is 460 g/mol. The minimum Gasteiger partial charge on any atom is -0.318 e. The van der Waals surface area contributed by atoms with Crippen LogP contribution in [0.2, 0.25) is 0 Å². The van der Waals surface area contributed by atoms with Crippen molar-refractivity contribution in [2.24, 2.45) is 5.92 Å². The molecule has 28 heavy (non-hydrogen) atoms. The average molecular weight is 461 g/mol. The van der Waals surface area contributed by atoms with E-state index >= 15 is 0 Å². The van der Waals surface area contributed by atoms with Crippen LogP contribution >= 0.6 is 27.7 Å². The minimum atomic E-state index is -0.191. The van der Waals surface area contributed by atoms with Crippen LogP contribution in [0.15, 0.2) is 27.6 Å². The van der Waals surface area contributed by atoms with Gasteiger partial charge >= 0.3 is 0 Å². The molecule has 0 bridgehead atoms. The molecule has 2 heterocycles. The fourth-order valence-corrected chi connectivity index (χ4v) is 4.62. The number of aromatic nitrogens is 1. The van der Waals surface area contributed by atoms with Crippen molar-refractivity contribution in [1.82, 2.24) is 9.47 Å². The maximum atomic E-state index is 12.7. The number of carbonyl (C=O) groups excluding carboxylic acids is 2. The Hall–Kier alpha value is -1.79. The van der Waals surface area contributed by atoms with Gasteiger partial charge in [-0.1, -0.05) is 29.8 Å². The first kappa shape index (κ1) is 20.9. The van der Waals surface area contributed by atoms with Gasteiger partial charge in [-0.3, -0.25) is 14.5 Å². The van der Waals surface area contributed by atoms with E-state index in [-0.39, 0.29) is 17.1 Å². The molecule has 2 aromatic rings. The van der Waals surface area contributed by atoms with Crippen LogP contribution in [0.1, 0.15) is 41.9 Å². The van der Waals surface area contributed by atoms with E-state index in [2.05, 4.69) is 59.5 Å². The van der Waals surface area contributed by atoms with Gasteiger partial charge in [-0.15, -0.1) is 0 Å². The van der Waals surface area contributed by atoms with Crippen LogP contribution in [0, 0.1) is 33.6 Å². The Morgan fingerprint density at radius 2 is 1.68 bits per heavy atom. The lowest BCUT2D eigenvalue weighted by Crippen LogP contribution is -2.31. The Bertz CT molecular complexity index is 981. The molecule has 0 N–H and O–H groups in total. The smallest absolute Gasteiger partial charge is 0.293 e. The van der Waals surface area contributed by atoms with Gasteiger partial charge in [-0.2, -0.15) is 0 Å². The van der Waals surface area contributed by atoms with Crippen molar-refractivity contribution in [2.45, 2.75) is 41.5 Å². The second-order valence-corrected chi connectivity index (χ2v) is 9.53. The zero-order valence-corrected chi connectivity index (χ0v) is 19.5. The number of carbonyl (C=O) groups is 2. The van der Waals surface area contributed by atoms with Crippen molar-refractivity contribution in [3.05, 3.63) is 55.7 Å². The Labute approximate surface area is 179 Å². The highest BCUT2D eigenvalue weighted by Crippen LogP contribution is 2.34. The standard InChI is InChI=1S/C22H25BrN2O2S/c1-12(2)11-24-21(26)19(28-22(24)27)10-17-9-15(5)25(16(17)6)18-7-13(3)20(23)14(4)8-18/h7-10,12H,11H2,1-6H3/b19-10-. The summed E-state index contributed by atoms with van der Waals surface area (Å²) in [7, 11) is 0. The highest BCUT2D eigenvalue weighted by molar-refractivity contribution is 9.10. The molecule has 1 aromatic carbocycles. The number of amides is 2. The fourth-order valence-electron chi connectivity index (χ4n) is 3.55. The quantitative estimate of drug-likeness (QED) is 0.512.